The van der Waals surface area contributed by atoms with E-state index in [1.165, 1.54) is 0 Å². The molecule has 0 aliphatic carbocycles. The molecular weight excluding hydrogens is 493 g/mol. The van der Waals surface area contributed by atoms with Gasteiger partial charge >= 0.3 is 5.69 Å². The molecule has 1 saturated heterocycles. The second kappa shape index (κ2) is 8.83. The molecule has 1 aromatic carbocycles. The number of fused-ring (bicyclic) bond motifs is 1. The molecule has 1 aliphatic heterocycles. The molecule has 0 saturated carbocycles. The Bertz CT molecular complexity index is 808. The van der Waals surface area contributed by atoms with Crippen molar-refractivity contribution in [3.8, 4) is 0 Å². The number of imidazole rings is 1. The zero-order valence-electron chi connectivity index (χ0n) is 14.3. The fourth-order valence-electron chi connectivity index (χ4n) is 2.93. The molecule has 1 aromatic heterocycles. The molecule has 1 atom stereocenters. The summed E-state index contributed by atoms with van der Waals surface area (Å²) in [6, 6.07) is 1.94. The van der Waals surface area contributed by atoms with Crippen molar-refractivity contribution in [3.05, 3.63) is 25.1 Å². The summed E-state index contributed by atoms with van der Waals surface area (Å²) in [6.45, 7) is 6.93. The van der Waals surface area contributed by atoms with E-state index in [0.29, 0.717) is 39.1 Å². The quantitative estimate of drug-likeness (QED) is 0.466. The SMILES string of the molecule is CC(C)n1c(NCC2CNCCO2)nc2c([N+](=O)[O-])c(Br)c(Br)cc21.Cl. The van der Waals surface area contributed by atoms with Gasteiger partial charge in [0.2, 0.25) is 5.95 Å². The van der Waals surface area contributed by atoms with Crippen LogP contribution in [0, 0.1) is 10.1 Å². The largest absolute Gasteiger partial charge is 0.374 e. The average Bonchev–Trinajstić information content (AvgIpc) is 2.92. The van der Waals surface area contributed by atoms with Crippen molar-refractivity contribution in [1.82, 2.24) is 14.9 Å². The van der Waals surface area contributed by atoms with Crippen molar-refractivity contribution >= 4 is 66.9 Å². The van der Waals surface area contributed by atoms with Crippen molar-refractivity contribution in [2.45, 2.75) is 26.0 Å². The van der Waals surface area contributed by atoms with Gasteiger partial charge in [-0.1, -0.05) is 0 Å². The summed E-state index contributed by atoms with van der Waals surface area (Å²) in [7, 11) is 0. The number of hydrogen-bond donors (Lipinski definition) is 2. The van der Waals surface area contributed by atoms with Crippen LogP contribution < -0.4 is 10.6 Å². The van der Waals surface area contributed by atoms with Gasteiger partial charge in [-0.25, -0.2) is 4.98 Å². The lowest BCUT2D eigenvalue weighted by Crippen LogP contribution is -2.42. The predicted molar refractivity (Wildman–Crippen MR) is 111 cm³/mol. The van der Waals surface area contributed by atoms with Gasteiger partial charge in [-0.15, -0.1) is 12.4 Å². The van der Waals surface area contributed by atoms with E-state index in [9.17, 15) is 10.1 Å². The highest BCUT2D eigenvalue weighted by Crippen LogP contribution is 2.40. The highest BCUT2D eigenvalue weighted by Gasteiger charge is 2.27. The fraction of sp³-hybridized carbons (Fsp3) is 0.533. The number of nitrogens with one attached hydrogen (secondary N) is 2. The van der Waals surface area contributed by atoms with E-state index in [1.54, 1.807) is 0 Å². The first kappa shape index (κ1) is 21.4. The lowest BCUT2D eigenvalue weighted by molar-refractivity contribution is -0.384. The van der Waals surface area contributed by atoms with Crippen LogP contribution in [0.5, 0.6) is 0 Å². The van der Waals surface area contributed by atoms with Gasteiger partial charge in [0, 0.05) is 30.1 Å². The first-order valence-electron chi connectivity index (χ1n) is 8.00. The lowest BCUT2D eigenvalue weighted by atomic mass is 10.2. The summed E-state index contributed by atoms with van der Waals surface area (Å²) >= 11 is 6.68. The smallest absolute Gasteiger partial charge is 0.312 e. The lowest BCUT2D eigenvalue weighted by Gasteiger charge is -2.24. The number of aromatic nitrogens is 2. The van der Waals surface area contributed by atoms with Gasteiger partial charge in [0.15, 0.2) is 5.52 Å². The molecule has 1 unspecified atom stereocenters. The molecule has 2 aromatic rings. The summed E-state index contributed by atoms with van der Waals surface area (Å²) in [4.78, 5) is 15.7. The summed E-state index contributed by atoms with van der Waals surface area (Å²) in [5.41, 5.74) is 1.03. The number of nitrogens with zero attached hydrogens (tertiary/aromatic N) is 3. The fourth-order valence-corrected chi connectivity index (χ4v) is 3.78. The summed E-state index contributed by atoms with van der Waals surface area (Å²) in [5.74, 6) is 0.604. The van der Waals surface area contributed by atoms with E-state index >= 15 is 0 Å². The van der Waals surface area contributed by atoms with E-state index in [4.69, 9.17) is 4.74 Å². The van der Waals surface area contributed by atoms with Crippen LogP contribution in [0.4, 0.5) is 11.6 Å². The first-order valence-corrected chi connectivity index (χ1v) is 9.59. The molecule has 2 N–H and O–H groups in total. The van der Waals surface area contributed by atoms with Crippen LogP contribution in [0.15, 0.2) is 15.0 Å². The van der Waals surface area contributed by atoms with Crippen LogP contribution in [-0.4, -0.2) is 46.8 Å². The number of nitro benzene ring substituents is 1. The van der Waals surface area contributed by atoms with Crippen LogP contribution in [0.1, 0.15) is 19.9 Å². The van der Waals surface area contributed by atoms with E-state index in [2.05, 4.69) is 47.5 Å². The Kier molecular flexibility index (Phi) is 7.26. The van der Waals surface area contributed by atoms with Crippen molar-refractivity contribution < 1.29 is 9.66 Å². The first-order chi connectivity index (χ1) is 11.9. The maximum Gasteiger partial charge on any atom is 0.312 e. The third kappa shape index (κ3) is 4.14. The molecular formula is C15H20Br2ClN5O3. The second-order valence-corrected chi connectivity index (χ2v) is 7.77. The second-order valence-electron chi connectivity index (χ2n) is 6.12. The van der Waals surface area contributed by atoms with Crippen LogP contribution in [-0.2, 0) is 4.74 Å². The molecule has 144 valence electrons. The summed E-state index contributed by atoms with van der Waals surface area (Å²) in [5, 5.41) is 18.1. The normalized spacial score (nSPS) is 17.3. The Morgan fingerprint density at radius 3 is 2.85 bits per heavy atom. The van der Waals surface area contributed by atoms with Gasteiger partial charge in [0.25, 0.3) is 0 Å². The molecule has 0 spiro atoms. The zero-order valence-corrected chi connectivity index (χ0v) is 18.3. The predicted octanol–water partition coefficient (Wildman–Crippen LogP) is 3.87. The number of anilines is 1. The highest BCUT2D eigenvalue weighted by atomic mass is 79.9. The number of hydrogen-bond acceptors (Lipinski definition) is 6. The molecule has 3 rings (SSSR count). The van der Waals surface area contributed by atoms with E-state index in [1.807, 2.05) is 24.5 Å². The topological polar surface area (TPSA) is 94.2 Å². The summed E-state index contributed by atoms with van der Waals surface area (Å²) in [6.07, 6.45) is 0.0441. The maximum atomic E-state index is 11.5. The Labute approximate surface area is 173 Å². The van der Waals surface area contributed by atoms with Gasteiger partial charge < -0.3 is 19.9 Å². The molecule has 1 fully saturated rings. The highest BCUT2D eigenvalue weighted by molar-refractivity contribution is 9.13. The standard InChI is InChI=1S/C15H19Br2N5O3.ClH/c1-8(2)21-11-5-10(16)12(17)14(22(23)24)13(11)20-15(21)19-7-9-6-18-3-4-25-9;/h5,8-9,18H,3-4,6-7H2,1-2H3,(H,19,20);1H. The molecule has 0 amide bonds. The minimum atomic E-state index is -0.410. The van der Waals surface area contributed by atoms with Gasteiger partial charge in [-0.2, -0.15) is 0 Å². The Morgan fingerprint density at radius 2 is 2.27 bits per heavy atom. The van der Waals surface area contributed by atoms with Gasteiger partial charge in [-0.05, 0) is 51.8 Å². The minimum absolute atomic E-state index is 0. The van der Waals surface area contributed by atoms with E-state index in [0.717, 1.165) is 13.1 Å². The molecule has 8 nitrogen and oxygen atoms in total. The Morgan fingerprint density at radius 1 is 1.54 bits per heavy atom. The van der Waals surface area contributed by atoms with Crippen LogP contribution in [0.2, 0.25) is 0 Å². The van der Waals surface area contributed by atoms with Crippen LogP contribution >= 0.6 is 44.3 Å². The number of nitro groups is 1. The Balaban J connectivity index is 0.00000243. The molecule has 0 bridgehead atoms. The van der Waals surface area contributed by atoms with Gasteiger partial charge in [0.1, 0.15) is 4.47 Å². The summed E-state index contributed by atoms with van der Waals surface area (Å²) < 4.78 is 8.68. The third-order valence-electron chi connectivity index (χ3n) is 4.04. The zero-order chi connectivity index (χ0) is 18.1. The number of benzene rings is 1. The number of morpholine rings is 1. The third-order valence-corrected chi connectivity index (χ3v) is 6.00. The van der Waals surface area contributed by atoms with Crippen molar-refractivity contribution in [1.29, 1.82) is 0 Å². The van der Waals surface area contributed by atoms with Gasteiger partial charge in [-0.3, -0.25) is 10.1 Å². The monoisotopic (exact) mass is 511 g/mol. The van der Waals surface area contributed by atoms with Crippen molar-refractivity contribution in [2.24, 2.45) is 0 Å². The molecule has 0 radical (unpaired) electrons. The van der Waals surface area contributed by atoms with Crippen molar-refractivity contribution in [3.63, 3.8) is 0 Å². The average molecular weight is 514 g/mol. The molecule has 26 heavy (non-hydrogen) atoms. The number of rotatable bonds is 5. The molecule has 11 heteroatoms. The number of halogens is 3. The Hall–Kier alpha value is -0.940. The number of ether oxygens (including phenoxy) is 1. The molecule has 2 heterocycles. The van der Waals surface area contributed by atoms with Gasteiger partial charge in [0.05, 0.1) is 23.2 Å². The van der Waals surface area contributed by atoms with Crippen LogP contribution in [0.3, 0.4) is 0 Å². The molecule has 1 aliphatic rings. The van der Waals surface area contributed by atoms with E-state index in [-0.39, 0.29) is 30.2 Å². The maximum absolute atomic E-state index is 11.5. The minimum Gasteiger partial charge on any atom is -0.374 e. The van der Waals surface area contributed by atoms with Crippen molar-refractivity contribution in [2.75, 3.05) is 31.6 Å². The van der Waals surface area contributed by atoms with Crippen LogP contribution in [0.25, 0.3) is 11.0 Å². The van der Waals surface area contributed by atoms with E-state index < -0.39 is 4.92 Å².